The van der Waals surface area contributed by atoms with E-state index < -0.39 is 23.8 Å². The van der Waals surface area contributed by atoms with Crippen molar-refractivity contribution in [3.8, 4) is 0 Å². The molecule has 39 heavy (non-hydrogen) atoms. The van der Waals surface area contributed by atoms with E-state index >= 15 is 0 Å². The molecule has 2 aromatic carbocycles. The van der Waals surface area contributed by atoms with Crippen molar-refractivity contribution in [1.29, 1.82) is 0 Å². The number of carbonyl (C=O) groups excluding carboxylic acids is 1. The number of aliphatic hydroxyl groups excluding tert-OH is 1. The van der Waals surface area contributed by atoms with Gasteiger partial charge in [0.05, 0.1) is 6.04 Å². The third-order valence-electron chi connectivity index (χ3n) is 5.22. The smallest absolute Gasteiger partial charge is 0.408 e. The number of aromatic nitrogens is 2. The lowest BCUT2D eigenvalue weighted by molar-refractivity contribution is 0.0419. The molecule has 0 spiro atoms. The third kappa shape index (κ3) is 10.8. The van der Waals surface area contributed by atoms with E-state index in [1.807, 2.05) is 54.7 Å². The van der Waals surface area contributed by atoms with Crippen molar-refractivity contribution >= 4 is 50.1 Å². The van der Waals surface area contributed by atoms with Crippen molar-refractivity contribution in [2.24, 2.45) is 0 Å². The standard InChI is InChI=1S/C18H21BrN2O3.C13H10BrN/c1-18(2,3)24-17(23)21-15(12-6-4-8-14(19)10-12)16(22)13-7-5-9-20-11-13;14-13-5-1-3-11(9-13)6-7-12-4-2-8-15-10-12/h4-11,15-16,22H,1-3H3,(H,21,23);1-10H/b;7-6+/t15-,16-;/m1./s1. The lowest BCUT2D eigenvalue weighted by atomic mass is 9.97. The molecule has 2 N–H and O–H groups in total. The Morgan fingerprint density at radius 1 is 0.846 bits per heavy atom. The number of carbonyl (C=O) groups is 1. The predicted molar refractivity (Wildman–Crippen MR) is 163 cm³/mol. The van der Waals surface area contributed by atoms with Crippen LogP contribution in [0.1, 0.15) is 55.2 Å². The number of rotatable bonds is 6. The molecular formula is C31H31Br2N3O3. The summed E-state index contributed by atoms with van der Waals surface area (Å²) in [6, 6.07) is 22.4. The fourth-order valence-electron chi connectivity index (χ4n) is 3.50. The second-order valence-corrected chi connectivity index (χ2v) is 11.4. The molecule has 202 valence electrons. The Kier molecular flexibility index (Phi) is 11.4. The molecule has 4 rings (SSSR count). The van der Waals surface area contributed by atoms with E-state index in [1.54, 1.807) is 51.5 Å². The Bertz CT molecular complexity index is 1360. The van der Waals surface area contributed by atoms with Crippen molar-refractivity contribution in [2.45, 2.75) is 38.5 Å². The van der Waals surface area contributed by atoms with Gasteiger partial charge in [0, 0.05) is 39.3 Å². The number of hydrogen-bond donors (Lipinski definition) is 2. The Morgan fingerprint density at radius 3 is 2.03 bits per heavy atom. The number of benzene rings is 2. The Morgan fingerprint density at radius 2 is 1.44 bits per heavy atom. The number of halogens is 2. The van der Waals surface area contributed by atoms with Crippen LogP contribution in [0.5, 0.6) is 0 Å². The molecular weight excluding hydrogens is 622 g/mol. The monoisotopic (exact) mass is 651 g/mol. The topological polar surface area (TPSA) is 84.3 Å². The summed E-state index contributed by atoms with van der Waals surface area (Å²) in [5.74, 6) is 0. The first-order valence-corrected chi connectivity index (χ1v) is 13.9. The van der Waals surface area contributed by atoms with Crippen LogP contribution in [0.25, 0.3) is 12.2 Å². The lowest BCUT2D eigenvalue weighted by Crippen LogP contribution is -2.37. The zero-order chi connectivity index (χ0) is 28.3. The quantitative estimate of drug-likeness (QED) is 0.220. The average Bonchev–Trinajstić information content (AvgIpc) is 2.91. The summed E-state index contributed by atoms with van der Waals surface area (Å²) < 4.78 is 7.27. The minimum atomic E-state index is -0.958. The van der Waals surface area contributed by atoms with E-state index in [-0.39, 0.29) is 0 Å². The Labute approximate surface area is 246 Å². The first-order valence-electron chi connectivity index (χ1n) is 12.3. The number of pyridine rings is 2. The van der Waals surface area contributed by atoms with Crippen molar-refractivity contribution in [3.05, 3.63) is 129 Å². The average molecular weight is 653 g/mol. The van der Waals surface area contributed by atoms with E-state index in [1.165, 1.54) is 5.56 Å². The van der Waals surface area contributed by atoms with Gasteiger partial charge in [0.15, 0.2) is 0 Å². The van der Waals surface area contributed by atoms with Crippen LogP contribution in [0.2, 0.25) is 0 Å². The first-order chi connectivity index (χ1) is 18.6. The summed E-state index contributed by atoms with van der Waals surface area (Å²) >= 11 is 6.86. The summed E-state index contributed by atoms with van der Waals surface area (Å²) in [4.78, 5) is 20.3. The molecule has 0 aliphatic heterocycles. The van der Waals surface area contributed by atoms with Crippen LogP contribution in [-0.2, 0) is 4.74 Å². The number of hydrogen-bond acceptors (Lipinski definition) is 5. The van der Waals surface area contributed by atoms with E-state index in [9.17, 15) is 9.90 Å². The van der Waals surface area contributed by atoms with Crippen LogP contribution >= 0.6 is 31.9 Å². The maximum atomic E-state index is 12.2. The van der Waals surface area contributed by atoms with Gasteiger partial charge in [0.2, 0.25) is 0 Å². The minimum Gasteiger partial charge on any atom is -0.444 e. The van der Waals surface area contributed by atoms with Crippen LogP contribution in [0.3, 0.4) is 0 Å². The number of nitrogens with zero attached hydrogens (tertiary/aromatic N) is 2. The van der Waals surface area contributed by atoms with Gasteiger partial charge in [-0.2, -0.15) is 0 Å². The minimum absolute atomic E-state index is 0.588. The molecule has 0 fully saturated rings. The number of nitrogens with one attached hydrogen (secondary N) is 1. The van der Waals surface area contributed by atoms with Crippen LogP contribution < -0.4 is 5.32 Å². The summed E-state index contributed by atoms with van der Waals surface area (Å²) in [5.41, 5.74) is 3.03. The number of alkyl carbamates (subject to hydrolysis) is 1. The molecule has 0 saturated heterocycles. The van der Waals surface area contributed by atoms with Gasteiger partial charge in [0.1, 0.15) is 11.7 Å². The third-order valence-corrected chi connectivity index (χ3v) is 6.21. The number of aliphatic hydroxyl groups is 1. The van der Waals surface area contributed by atoms with Gasteiger partial charge in [-0.05, 0) is 73.9 Å². The summed E-state index contributed by atoms with van der Waals surface area (Å²) in [6.45, 7) is 5.37. The molecule has 2 aromatic heterocycles. The van der Waals surface area contributed by atoms with Gasteiger partial charge in [-0.15, -0.1) is 0 Å². The predicted octanol–water partition coefficient (Wildman–Crippen LogP) is 8.16. The molecule has 0 bridgehead atoms. The molecule has 1 amide bonds. The highest BCUT2D eigenvalue weighted by Gasteiger charge is 2.27. The molecule has 0 unspecified atom stereocenters. The van der Waals surface area contributed by atoms with E-state index in [2.05, 4.69) is 71.4 Å². The molecule has 0 aliphatic carbocycles. The van der Waals surface area contributed by atoms with Crippen molar-refractivity contribution in [2.75, 3.05) is 0 Å². The molecule has 0 aliphatic rings. The van der Waals surface area contributed by atoms with E-state index in [0.29, 0.717) is 5.56 Å². The number of amides is 1. The Balaban J connectivity index is 0.000000239. The van der Waals surface area contributed by atoms with Gasteiger partial charge in [-0.25, -0.2) is 4.79 Å². The second kappa shape index (κ2) is 14.7. The highest BCUT2D eigenvalue weighted by atomic mass is 79.9. The Hall–Kier alpha value is -3.33. The van der Waals surface area contributed by atoms with Gasteiger partial charge in [-0.3, -0.25) is 9.97 Å². The van der Waals surface area contributed by atoms with Crippen LogP contribution in [-0.4, -0.2) is 26.8 Å². The molecule has 2 heterocycles. The summed E-state index contributed by atoms with van der Waals surface area (Å²) in [6.07, 6.45) is 9.40. The summed E-state index contributed by atoms with van der Waals surface area (Å²) in [5, 5.41) is 13.5. The molecule has 2 atom stereocenters. The SMILES string of the molecule is Brc1cccc(/C=C/c2cccnc2)c1.CC(C)(C)OC(=O)N[C@H](c1cccc(Br)c1)[C@H](O)c1cccnc1. The van der Waals surface area contributed by atoms with Crippen LogP contribution in [0.15, 0.2) is 107 Å². The van der Waals surface area contributed by atoms with Crippen LogP contribution in [0, 0.1) is 0 Å². The maximum absolute atomic E-state index is 12.2. The fourth-order valence-corrected chi connectivity index (χ4v) is 4.33. The molecule has 0 radical (unpaired) electrons. The second-order valence-electron chi connectivity index (χ2n) is 9.58. The lowest BCUT2D eigenvalue weighted by Gasteiger charge is -2.27. The highest BCUT2D eigenvalue weighted by molar-refractivity contribution is 9.10. The van der Waals surface area contributed by atoms with Crippen LogP contribution in [0.4, 0.5) is 4.79 Å². The molecule has 6 nitrogen and oxygen atoms in total. The zero-order valence-corrected chi connectivity index (χ0v) is 25.1. The van der Waals surface area contributed by atoms with E-state index in [0.717, 1.165) is 20.1 Å². The van der Waals surface area contributed by atoms with Gasteiger partial charge in [-0.1, -0.05) is 80.4 Å². The van der Waals surface area contributed by atoms with Gasteiger partial charge >= 0.3 is 6.09 Å². The normalized spacial score (nSPS) is 12.7. The van der Waals surface area contributed by atoms with Crippen molar-refractivity contribution < 1.29 is 14.6 Å². The molecule has 4 aromatic rings. The first kappa shape index (κ1) is 30.2. The van der Waals surface area contributed by atoms with Crippen molar-refractivity contribution in [1.82, 2.24) is 15.3 Å². The summed E-state index contributed by atoms with van der Waals surface area (Å²) in [7, 11) is 0. The molecule has 0 saturated carbocycles. The largest absolute Gasteiger partial charge is 0.444 e. The van der Waals surface area contributed by atoms with E-state index in [4.69, 9.17) is 4.74 Å². The van der Waals surface area contributed by atoms with Gasteiger partial charge < -0.3 is 15.2 Å². The van der Waals surface area contributed by atoms with Crippen molar-refractivity contribution in [3.63, 3.8) is 0 Å². The zero-order valence-electron chi connectivity index (χ0n) is 22.0. The highest BCUT2D eigenvalue weighted by Crippen LogP contribution is 2.30. The fraction of sp³-hybridized carbons (Fsp3) is 0.194. The number of ether oxygens (including phenoxy) is 1. The van der Waals surface area contributed by atoms with Gasteiger partial charge in [0.25, 0.3) is 0 Å². The molecule has 8 heteroatoms. The maximum Gasteiger partial charge on any atom is 0.408 e.